The number of anilines is 1. The number of nitrogens with zero attached hydrogens (tertiary/aromatic N) is 1. The maximum atomic E-state index is 13.3. The van der Waals surface area contributed by atoms with Crippen LogP contribution < -0.4 is 10.6 Å². The fraction of sp³-hybridized carbons (Fsp3) is 0.531. The molecule has 5 rings (SSSR count). The Morgan fingerprint density at radius 1 is 1.17 bits per heavy atom. The molecule has 1 saturated carbocycles. The number of hydrogen-bond donors (Lipinski definition) is 4. The molecule has 2 aliphatic rings. The number of furan rings is 1. The van der Waals surface area contributed by atoms with Crippen LogP contribution in [0.25, 0.3) is 0 Å². The number of hydrogen-bond acceptors (Lipinski definition) is 7. The first-order chi connectivity index (χ1) is 19.3. The summed E-state index contributed by atoms with van der Waals surface area (Å²) < 4.78 is 5.37. The Balaban J connectivity index is 1.43. The summed E-state index contributed by atoms with van der Waals surface area (Å²) in [5.74, 6) is 0.0268. The van der Waals surface area contributed by atoms with E-state index in [2.05, 4.69) is 38.3 Å². The molecule has 0 saturated heterocycles. The van der Waals surface area contributed by atoms with Crippen molar-refractivity contribution in [2.24, 2.45) is 16.7 Å². The lowest BCUT2D eigenvalue weighted by molar-refractivity contribution is -0.144. The van der Waals surface area contributed by atoms with Crippen LogP contribution in [-0.4, -0.2) is 39.7 Å². The molecule has 220 valence electrons. The molecule has 2 heterocycles. The molecule has 0 spiro atoms. The first-order valence-electron chi connectivity index (χ1n) is 14.3. The lowest BCUT2D eigenvalue weighted by Crippen LogP contribution is -2.57. The topological polar surface area (TPSA) is 125 Å². The number of amides is 2. The third kappa shape index (κ3) is 5.59. The number of nitrogens with one attached hydrogen (secondary N) is 2. The summed E-state index contributed by atoms with van der Waals surface area (Å²) in [6, 6.07) is 11.2. The summed E-state index contributed by atoms with van der Waals surface area (Å²) in [4.78, 5) is 32.3. The molecule has 2 amide bonds. The van der Waals surface area contributed by atoms with E-state index in [0.29, 0.717) is 42.3 Å². The van der Waals surface area contributed by atoms with E-state index in [-0.39, 0.29) is 47.5 Å². The normalized spacial score (nSPS) is 27.5. The summed E-state index contributed by atoms with van der Waals surface area (Å²) >= 11 is 1.42. The van der Waals surface area contributed by atoms with Crippen LogP contribution in [0, 0.1) is 16.7 Å². The van der Waals surface area contributed by atoms with Gasteiger partial charge in [0.25, 0.3) is 5.91 Å². The van der Waals surface area contributed by atoms with Gasteiger partial charge in [-0.3, -0.25) is 14.9 Å². The molecule has 41 heavy (non-hydrogen) atoms. The van der Waals surface area contributed by atoms with Crippen LogP contribution >= 0.6 is 11.3 Å². The van der Waals surface area contributed by atoms with Crippen LogP contribution in [0.3, 0.4) is 0 Å². The van der Waals surface area contributed by atoms with Gasteiger partial charge >= 0.3 is 0 Å². The standard InChI is InChI=1S/C32H41N3O5S/c1-30(2,3)20-10-8-19(9-11-20)28(39)35-29-34-27-22(15-26(38)33-17-21-7-6-14-40-21)31(4)13-12-25(37)32(5,18-36)24(31)16-23(27)41-29/h6-11,14,22,24-25,36-37H,12-13,15-18H2,1-5H3,(H,33,38)(H,34,35,39). The Kier molecular flexibility index (Phi) is 7.91. The molecule has 2 aliphatic carbocycles. The Labute approximate surface area is 245 Å². The fourth-order valence-corrected chi connectivity index (χ4v) is 7.91. The second-order valence-electron chi connectivity index (χ2n) is 13.2. The Morgan fingerprint density at radius 2 is 1.90 bits per heavy atom. The van der Waals surface area contributed by atoms with Crippen molar-refractivity contribution in [1.82, 2.24) is 10.3 Å². The number of rotatable bonds is 7. The average Bonchev–Trinajstić information content (AvgIpc) is 3.60. The van der Waals surface area contributed by atoms with Gasteiger partial charge in [-0.15, -0.1) is 11.3 Å². The van der Waals surface area contributed by atoms with Crippen molar-refractivity contribution < 1.29 is 24.2 Å². The molecule has 3 aromatic rings. The van der Waals surface area contributed by atoms with E-state index in [1.54, 1.807) is 12.3 Å². The minimum Gasteiger partial charge on any atom is -0.467 e. The van der Waals surface area contributed by atoms with Gasteiger partial charge in [-0.1, -0.05) is 46.8 Å². The highest BCUT2D eigenvalue weighted by molar-refractivity contribution is 7.15. The molecule has 8 nitrogen and oxygen atoms in total. The molecule has 1 fully saturated rings. The number of carbonyl (C=O) groups is 2. The highest BCUT2D eigenvalue weighted by Crippen LogP contribution is 2.62. The SMILES string of the molecule is CC(C)(C)c1ccc(C(=O)Nc2nc3c(s2)CC2C(C)(CO)C(O)CCC2(C)C3CC(=O)NCc2ccco2)cc1. The van der Waals surface area contributed by atoms with Gasteiger partial charge in [0.05, 0.1) is 31.2 Å². The van der Waals surface area contributed by atoms with Gasteiger partial charge in [0, 0.05) is 28.2 Å². The van der Waals surface area contributed by atoms with Crippen molar-refractivity contribution >= 4 is 28.3 Å². The predicted octanol–water partition coefficient (Wildman–Crippen LogP) is 5.41. The van der Waals surface area contributed by atoms with Gasteiger partial charge in [0.2, 0.25) is 5.91 Å². The Bertz CT molecular complexity index is 1390. The summed E-state index contributed by atoms with van der Waals surface area (Å²) in [6.07, 6.45) is 3.03. The minimum absolute atomic E-state index is 0.00777. The zero-order valence-corrected chi connectivity index (χ0v) is 25.3. The van der Waals surface area contributed by atoms with E-state index in [4.69, 9.17) is 9.40 Å². The van der Waals surface area contributed by atoms with Gasteiger partial charge in [-0.2, -0.15) is 0 Å². The van der Waals surface area contributed by atoms with Crippen molar-refractivity contribution in [1.29, 1.82) is 0 Å². The van der Waals surface area contributed by atoms with Crippen LogP contribution in [0.15, 0.2) is 47.1 Å². The van der Waals surface area contributed by atoms with Crippen molar-refractivity contribution in [3.8, 4) is 0 Å². The molecule has 5 unspecified atom stereocenters. The van der Waals surface area contributed by atoms with E-state index in [1.165, 1.54) is 11.3 Å². The molecule has 0 bridgehead atoms. The molecule has 9 heteroatoms. The largest absolute Gasteiger partial charge is 0.467 e. The van der Waals surface area contributed by atoms with Crippen molar-refractivity contribution in [2.75, 3.05) is 11.9 Å². The first-order valence-corrected chi connectivity index (χ1v) is 15.2. The number of fused-ring (bicyclic) bond motifs is 2. The zero-order chi connectivity index (χ0) is 29.6. The number of thiazole rings is 1. The Morgan fingerprint density at radius 3 is 2.54 bits per heavy atom. The fourth-order valence-electron chi connectivity index (χ4n) is 6.85. The zero-order valence-electron chi connectivity index (χ0n) is 24.5. The maximum Gasteiger partial charge on any atom is 0.257 e. The lowest BCUT2D eigenvalue weighted by Gasteiger charge is -2.58. The molecule has 5 atom stereocenters. The van der Waals surface area contributed by atoms with E-state index in [0.717, 1.165) is 16.1 Å². The second-order valence-corrected chi connectivity index (χ2v) is 14.3. The van der Waals surface area contributed by atoms with E-state index in [1.807, 2.05) is 37.3 Å². The van der Waals surface area contributed by atoms with Crippen molar-refractivity contribution in [3.05, 3.63) is 70.1 Å². The van der Waals surface area contributed by atoms with Gasteiger partial charge in [0.1, 0.15) is 5.76 Å². The third-order valence-corrected chi connectivity index (χ3v) is 10.6. The van der Waals surface area contributed by atoms with Gasteiger partial charge < -0.3 is 19.9 Å². The highest BCUT2D eigenvalue weighted by atomic mass is 32.1. The minimum atomic E-state index is -0.713. The first kappa shape index (κ1) is 29.5. The van der Waals surface area contributed by atoms with Crippen LogP contribution in [0.4, 0.5) is 5.13 Å². The van der Waals surface area contributed by atoms with E-state index in [9.17, 15) is 19.8 Å². The van der Waals surface area contributed by atoms with Crippen LogP contribution in [0.2, 0.25) is 0 Å². The molecule has 4 N–H and O–H groups in total. The quantitative estimate of drug-likeness (QED) is 0.297. The number of aromatic nitrogens is 1. The third-order valence-electron chi connectivity index (χ3n) is 9.56. The molecule has 1 aromatic carbocycles. The van der Waals surface area contributed by atoms with Gasteiger partial charge in [0.15, 0.2) is 5.13 Å². The molecule has 0 aliphatic heterocycles. The summed E-state index contributed by atoms with van der Waals surface area (Å²) in [6.45, 7) is 10.7. The lowest BCUT2D eigenvalue weighted by atomic mass is 9.47. The van der Waals surface area contributed by atoms with Gasteiger partial charge in [-0.05, 0) is 65.8 Å². The second kappa shape index (κ2) is 11.0. The summed E-state index contributed by atoms with van der Waals surface area (Å²) in [5, 5.41) is 27.9. The van der Waals surface area contributed by atoms with Crippen LogP contribution in [0.1, 0.15) is 92.1 Å². The van der Waals surface area contributed by atoms with E-state index >= 15 is 0 Å². The van der Waals surface area contributed by atoms with Gasteiger partial charge in [-0.25, -0.2) is 4.98 Å². The predicted molar refractivity (Wildman–Crippen MR) is 159 cm³/mol. The number of carbonyl (C=O) groups excluding carboxylic acids is 2. The highest BCUT2D eigenvalue weighted by Gasteiger charge is 2.59. The molecular formula is C32H41N3O5S. The number of aliphatic hydroxyl groups excluding tert-OH is 2. The van der Waals surface area contributed by atoms with Crippen LogP contribution in [0.5, 0.6) is 0 Å². The summed E-state index contributed by atoms with van der Waals surface area (Å²) in [5.41, 5.74) is 1.44. The number of aliphatic hydroxyl groups is 2. The molecular weight excluding hydrogens is 538 g/mol. The molecule has 0 radical (unpaired) electrons. The van der Waals surface area contributed by atoms with Crippen molar-refractivity contribution in [2.45, 2.75) is 84.3 Å². The smallest absolute Gasteiger partial charge is 0.257 e. The average molecular weight is 580 g/mol. The molecule has 2 aromatic heterocycles. The number of benzene rings is 1. The van der Waals surface area contributed by atoms with Crippen LogP contribution in [-0.2, 0) is 23.2 Å². The van der Waals surface area contributed by atoms with E-state index < -0.39 is 11.5 Å². The summed E-state index contributed by atoms with van der Waals surface area (Å²) in [7, 11) is 0. The Hall–Kier alpha value is -3.01. The maximum absolute atomic E-state index is 13.3. The monoisotopic (exact) mass is 579 g/mol. The van der Waals surface area contributed by atoms with Crippen molar-refractivity contribution in [3.63, 3.8) is 0 Å².